The van der Waals surface area contributed by atoms with Crippen LogP contribution in [0.25, 0.3) is 21.3 Å². The Morgan fingerprint density at radius 2 is 1.47 bits per heavy atom. The second-order valence-electron chi connectivity index (χ2n) is 9.43. The van der Waals surface area contributed by atoms with Crippen LogP contribution >= 0.6 is 11.3 Å². The van der Waals surface area contributed by atoms with Gasteiger partial charge in [-0.3, -0.25) is 4.90 Å². The van der Waals surface area contributed by atoms with Crippen LogP contribution in [0.15, 0.2) is 96.6 Å². The molecule has 1 fully saturated rings. The number of anilines is 1. The second-order valence-corrected chi connectivity index (χ2v) is 10.3. The molecule has 192 valence electrons. The monoisotopic (exact) mass is 524 g/mol. The molecule has 7 heteroatoms. The SMILES string of the molecule is Fc1ccc(-c2csc3ncnc(N4CCN(CCOC(c5ccccc5)c5ccccc5)CC4)c23)cc1. The van der Waals surface area contributed by atoms with E-state index in [9.17, 15) is 4.39 Å². The summed E-state index contributed by atoms with van der Waals surface area (Å²) in [6.45, 7) is 5.17. The highest BCUT2D eigenvalue weighted by atomic mass is 32.1. The summed E-state index contributed by atoms with van der Waals surface area (Å²) in [6.07, 6.45) is 1.58. The van der Waals surface area contributed by atoms with Gasteiger partial charge in [-0.2, -0.15) is 0 Å². The van der Waals surface area contributed by atoms with E-state index in [0.717, 1.165) is 59.9 Å². The number of ether oxygens (including phenoxy) is 1. The standard InChI is InChI=1S/C31H29FN4OS/c32-26-13-11-23(12-14-26)27-21-38-31-28(27)30(33-22-34-31)36-17-15-35(16-18-36)19-20-37-29(24-7-3-1-4-8-24)25-9-5-2-6-10-25/h1-14,21-22,29H,15-20H2. The van der Waals surface area contributed by atoms with Crippen molar-refractivity contribution in [3.63, 3.8) is 0 Å². The second kappa shape index (κ2) is 11.4. The van der Waals surface area contributed by atoms with Gasteiger partial charge in [-0.25, -0.2) is 14.4 Å². The summed E-state index contributed by atoms with van der Waals surface area (Å²) in [7, 11) is 0. The third-order valence-corrected chi connectivity index (χ3v) is 7.96. The van der Waals surface area contributed by atoms with E-state index in [1.165, 1.54) is 23.3 Å². The van der Waals surface area contributed by atoms with E-state index in [4.69, 9.17) is 4.74 Å². The number of nitrogens with zero attached hydrogens (tertiary/aromatic N) is 4. The average Bonchev–Trinajstić information content (AvgIpc) is 3.42. The van der Waals surface area contributed by atoms with Crippen molar-refractivity contribution < 1.29 is 9.13 Å². The molecule has 2 aromatic heterocycles. The van der Waals surface area contributed by atoms with Crippen LogP contribution in [0.2, 0.25) is 0 Å². The normalized spacial score (nSPS) is 14.4. The first-order chi connectivity index (χ1) is 18.8. The van der Waals surface area contributed by atoms with Crippen molar-refractivity contribution in [1.29, 1.82) is 0 Å². The first-order valence-electron chi connectivity index (χ1n) is 12.9. The van der Waals surface area contributed by atoms with E-state index >= 15 is 0 Å². The Kier molecular flexibility index (Phi) is 7.40. The lowest BCUT2D eigenvalue weighted by Gasteiger charge is -2.36. The van der Waals surface area contributed by atoms with Crippen LogP contribution < -0.4 is 4.90 Å². The highest BCUT2D eigenvalue weighted by Crippen LogP contribution is 2.38. The molecule has 1 aliphatic rings. The van der Waals surface area contributed by atoms with Crippen LogP contribution in [0.5, 0.6) is 0 Å². The summed E-state index contributed by atoms with van der Waals surface area (Å²) in [4.78, 5) is 14.9. The highest BCUT2D eigenvalue weighted by molar-refractivity contribution is 7.17. The molecule has 1 saturated heterocycles. The number of hydrogen-bond acceptors (Lipinski definition) is 6. The van der Waals surface area contributed by atoms with Crippen molar-refractivity contribution in [2.45, 2.75) is 6.10 Å². The van der Waals surface area contributed by atoms with Gasteiger partial charge in [-0.1, -0.05) is 72.8 Å². The number of halogens is 1. The maximum atomic E-state index is 13.5. The van der Waals surface area contributed by atoms with Gasteiger partial charge in [0.2, 0.25) is 0 Å². The molecule has 0 aliphatic carbocycles. The molecule has 3 aromatic carbocycles. The molecule has 5 nitrogen and oxygen atoms in total. The minimum absolute atomic E-state index is 0.0727. The number of piperazine rings is 1. The molecule has 5 aromatic rings. The molecule has 0 amide bonds. The molecule has 0 bridgehead atoms. The Bertz CT molecular complexity index is 1430. The lowest BCUT2D eigenvalue weighted by atomic mass is 10.0. The van der Waals surface area contributed by atoms with Crippen LogP contribution in [-0.2, 0) is 4.74 Å². The molecular formula is C31H29FN4OS. The summed E-state index contributed by atoms with van der Waals surface area (Å²) in [5, 5.41) is 3.15. The molecule has 38 heavy (non-hydrogen) atoms. The zero-order chi connectivity index (χ0) is 25.7. The van der Waals surface area contributed by atoms with Crippen LogP contribution in [0.4, 0.5) is 10.2 Å². The molecule has 3 heterocycles. The zero-order valence-corrected chi connectivity index (χ0v) is 21.9. The van der Waals surface area contributed by atoms with Crippen molar-refractivity contribution in [3.05, 3.63) is 114 Å². The highest BCUT2D eigenvalue weighted by Gasteiger charge is 2.23. The summed E-state index contributed by atoms with van der Waals surface area (Å²) in [5.74, 6) is 0.725. The quantitative estimate of drug-likeness (QED) is 0.234. The minimum Gasteiger partial charge on any atom is -0.367 e. The summed E-state index contributed by atoms with van der Waals surface area (Å²) in [6, 6.07) is 27.5. The van der Waals surface area contributed by atoms with Crippen molar-refractivity contribution in [2.75, 3.05) is 44.2 Å². The van der Waals surface area contributed by atoms with Gasteiger partial charge < -0.3 is 9.64 Å². The van der Waals surface area contributed by atoms with Crippen molar-refractivity contribution in [1.82, 2.24) is 14.9 Å². The van der Waals surface area contributed by atoms with E-state index in [1.54, 1.807) is 17.7 Å². The minimum atomic E-state index is -0.233. The van der Waals surface area contributed by atoms with Gasteiger partial charge in [0.25, 0.3) is 0 Å². The number of hydrogen-bond donors (Lipinski definition) is 0. The molecule has 0 spiro atoms. The maximum absolute atomic E-state index is 13.5. The third kappa shape index (κ3) is 5.31. The van der Waals surface area contributed by atoms with Crippen LogP contribution in [-0.4, -0.2) is 54.2 Å². The topological polar surface area (TPSA) is 41.5 Å². The average molecular weight is 525 g/mol. The molecule has 0 saturated carbocycles. The van der Waals surface area contributed by atoms with E-state index < -0.39 is 0 Å². The Labute approximate surface area is 226 Å². The first-order valence-corrected chi connectivity index (χ1v) is 13.8. The van der Waals surface area contributed by atoms with Gasteiger partial charge in [0.15, 0.2) is 0 Å². The molecule has 0 atom stereocenters. The number of benzene rings is 3. The number of rotatable bonds is 8. The predicted octanol–water partition coefficient (Wildman–Crippen LogP) is 6.43. The fourth-order valence-electron chi connectivity index (χ4n) is 5.06. The van der Waals surface area contributed by atoms with E-state index in [-0.39, 0.29) is 11.9 Å². The Morgan fingerprint density at radius 3 is 2.13 bits per heavy atom. The van der Waals surface area contributed by atoms with E-state index in [1.807, 2.05) is 24.3 Å². The third-order valence-electron chi connectivity index (χ3n) is 7.07. The van der Waals surface area contributed by atoms with Crippen LogP contribution in [0.1, 0.15) is 17.2 Å². The molecular weight excluding hydrogens is 495 g/mol. The lowest BCUT2D eigenvalue weighted by Crippen LogP contribution is -2.47. The Balaban J connectivity index is 1.11. The van der Waals surface area contributed by atoms with Crippen LogP contribution in [0, 0.1) is 5.82 Å². The summed E-state index contributed by atoms with van der Waals surface area (Å²) in [5.41, 5.74) is 4.38. The molecule has 0 unspecified atom stereocenters. The fourth-order valence-corrected chi connectivity index (χ4v) is 5.98. The van der Waals surface area contributed by atoms with E-state index in [2.05, 4.69) is 73.7 Å². The van der Waals surface area contributed by atoms with E-state index in [0.29, 0.717) is 6.61 Å². The number of aromatic nitrogens is 2. The summed E-state index contributed by atoms with van der Waals surface area (Å²) < 4.78 is 20.0. The maximum Gasteiger partial charge on any atom is 0.141 e. The van der Waals surface area contributed by atoms with Gasteiger partial charge in [0, 0.05) is 43.7 Å². The molecule has 1 aliphatic heterocycles. The largest absolute Gasteiger partial charge is 0.367 e. The van der Waals surface area contributed by atoms with Gasteiger partial charge >= 0.3 is 0 Å². The predicted molar refractivity (Wildman–Crippen MR) is 152 cm³/mol. The Hall–Kier alpha value is -3.65. The molecule has 0 radical (unpaired) electrons. The molecule has 6 rings (SSSR count). The summed E-state index contributed by atoms with van der Waals surface area (Å²) >= 11 is 1.60. The number of fused-ring (bicyclic) bond motifs is 1. The van der Waals surface area contributed by atoms with Crippen LogP contribution in [0.3, 0.4) is 0 Å². The number of thiophene rings is 1. The first kappa shape index (κ1) is 24.7. The zero-order valence-electron chi connectivity index (χ0n) is 21.0. The van der Waals surface area contributed by atoms with Gasteiger partial charge in [-0.05, 0) is 28.8 Å². The van der Waals surface area contributed by atoms with Gasteiger partial charge in [0.05, 0.1) is 12.0 Å². The van der Waals surface area contributed by atoms with Crippen molar-refractivity contribution >= 4 is 27.4 Å². The van der Waals surface area contributed by atoms with Gasteiger partial charge in [-0.15, -0.1) is 11.3 Å². The fraction of sp³-hybridized carbons (Fsp3) is 0.226. The van der Waals surface area contributed by atoms with Crippen molar-refractivity contribution in [2.24, 2.45) is 0 Å². The lowest BCUT2D eigenvalue weighted by molar-refractivity contribution is 0.0586. The van der Waals surface area contributed by atoms with Gasteiger partial charge in [0.1, 0.15) is 28.9 Å². The smallest absolute Gasteiger partial charge is 0.141 e. The Morgan fingerprint density at radius 1 is 0.816 bits per heavy atom. The molecule has 0 N–H and O–H groups in total. The van der Waals surface area contributed by atoms with Crippen molar-refractivity contribution in [3.8, 4) is 11.1 Å².